The highest BCUT2D eigenvalue weighted by Gasteiger charge is 2.36. The summed E-state index contributed by atoms with van der Waals surface area (Å²) in [5.41, 5.74) is 2.07. The third kappa shape index (κ3) is 4.23. The van der Waals surface area contributed by atoms with Crippen molar-refractivity contribution in [1.29, 1.82) is 0 Å². The Kier molecular flexibility index (Phi) is 5.99. The number of carbonyl (C=O) groups excluding carboxylic acids is 1. The van der Waals surface area contributed by atoms with E-state index in [0.29, 0.717) is 34.9 Å². The maximum atomic E-state index is 13.3. The number of halogens is 1. The van der Waals surface area contributed by atoms with Gasteiger partial charge in [-0.1, -0.05) is 0 Å². The summed E-state index contributed by atoms with van der Waals surface area (Å²) in [6.07, 6.45) is 0.444. The van der Waals surface area contributed by atoms with Crippen LogP contribution < -0.4 is 19.1 Å². The van der Waals surface area contributed by atoms with Crippen molar-refractivity contribution in [2.45, 2.75) is 24.3 Å². The van der Waals surface area contributed by atoms with Gasteiger partial charge in [0, 0.05) is 17.7 Å². The van der Waals surface area contributed by atoms with E-state index in [2.05, 4.69) is 5.32 Å². The van der Waals surface area contributed by atoms with Gasteiger partial charge >= 0.3 is 0 Å². The number of benzene rings is 3. The molecule has 1 N–H and O–H groups in total. The van der Waals surface area contributed by atoms with Crippen molar-refractivity contribution in [3.8, 4) is 11.5 Å². The molecule has 1 amide bonds. The van der Waals surface area contributed by atoms with E-state index in [1.807, 2.05) is 0 Å². The van der Waals surface area contributed by atoms with E-state index in [1.165, 1.54) is 30.7 Å². The van der Waals surface area contributed by atoms with E-state index in [4.69, 9.17) is 9.47 Å². The summed E-state index contributed by atoms with van der Waals surface area (Å²) in [5.74, 6) is 0.176. The molecule has 0 saturated carbocycles. The van der Waals surface area contributed by atoms with Crippen LogP contribution in [-0.4, -0.2) is 34.6 Å². The summed E-state index contributed by atoms with van der Waals surface area (Å²) in [7, 11) is -0.848. The summed E-state index contributed by atoms with van der Waals surface area (Å²) in [6.45, 7) is 1.79. The van der Waals surface area contributed by atoms with Crippen LogP contribution in [-0.2, 0) is 16.4 Å². The first-order chi connectivity index (χ1) is 15.7. The number of hydrogen-bond donors (Lipinski definition) is 1. The molecule has 3 aromatic rings. The first-order valence-corrected chi connectivity index (χ1v) is 11.6. The number of nitrogens with zero attached hydrogens (tertiary/aromatic N) is 1. The average Bonchev–Trinajstić information content (AvgIpc) is 3.14. The second-order valence-corrected chi connectivity index (χ2v) is 9.49. The molecule has 3 aromatic carbocycles. The zero-order valence-electron chi connectivity index (χ0n) is 18.3. The standard InChI is InChI=1S/C24H23FN2O5S/c1-15-12-17-13-16(24(28)26-21-14-19(31-2)7-11-23(21)32-3)4-10-22(17)27(15)33(29,30)20-8-5-18(25)6-9-20/h4-11,13-15H,12H2,1-3H3,(H,26,28)/t15-/m1/s1. The highest BCUT2D eigenvalue weighted by atomic mass is 32.2. The van der Waals surface area contributed by atoms with Crippen molar-refractivity contribution in [1.82, 2.24) is 0 Å². The highest BCUT2D eigenvalue weighted by Crippen LogP contribution is 2.37. The zero-order valence-corrected chi connectivity index (χ0v) is 19.1. The second kappa shape index (κ2) is 8.74. The van der Waals surface area contributed by atoms with Crippen LogP contribution in [0.1, 0.15) is 22.8 Å². The second-order valence-electron chi connectivity index (χ2n) is 7.67. The van der Waals surface area contributed by atoms with E-state index in [0.717, 1.165) is 17.7 Å². The Labute approximate surface area is 191 Å². The van der Waals surface area contributed by atoms with E-state index < -0.39 is 15.8 Å². The molecule has 0 aromatic heterocycles. The Balaban J connectivity index is 1.63. The van der Waals surface area contributed by atoms with Gasteiger partial charge in [0.05, 0.1) is 30.5 Å². The number of fused-ring (bicyclic) bond motifs is 1. The molecule has 1 aliphatic heterocycles. The molecule has 0 radical (unpaired) electrons. The van der Waals surface area contributed by atoms with E-state index in [-0.39, 0.29) is 16.8 Å². The lowest BCUT2D eigenvalue weighted by Gasteiger charge is -2.24. The third-order valence-electron chi connectivity index (χ3n) is 5.52. The molecule has 1 atom stereocenters. The van der Waals surface area contributed by atoms with Gasteiger partial charge in [-0.3, -0.25) is 9.10 Å². The van der Waals surface area contributed by atoms with Crippen LogP contribution in [0, 0.1) is 5.82 Å². The molecular formula is C24H23FN2O5S. The molecule has 9 heteroatoms. The van der Waals surface area contributed by atoms with Gasteiger partial charge in [-0.15, -0.1) is 0 Å². The predicted molar refractivity (Wildman–Crippen MR) is 123 cm³/mol. The van der Waals surface area contributed by atoms with Crippen molar-refractivity contribution in [3.63, 3.8) is 0 Å². The molecule has 7 nitrogen and oxygen atoms in total. The molecule has 0 fully saturated rings. The maximum Gasteiger partial charge on any atom is 0.264 e. The molecule has 0 bridgehead atoms. The summed E-state index contributed by atoms with van der Waals surface area (Å²) in [4.78, 5) is 12.9. The number of hydrogen-bond acceptors (Lipinski definition) is 5. The van der Waals surface area contributed by atoms with Crippen molar-refractivity contribution < 1.29 is 27.1 Å². The van der Waals surface area contributed by atoms with Crippen molar-refractivity contribution >= 4 is 27.3 Å². The molecule has 172 valence electrons. The summed E-state index contributed by atoms with van der Waals surface area (Å²) in [6, 6.07) is 14.3. The average molecular weight is 471 g/mol. The van der Waals surface area contributed by atoms with E-state index >= 15 is 0 Å². The number of nitrogens with one attached hydrogen (secondary N) is 1. The van der Waals surface area contributed by atoms with E-state index in [1.54, 1.807) is 43.3 Å². The van der Waals surface area contributed by atoms with Crippen LogP contribution in [0.15, 0.2) is 65.6 Å². The van der Waals surface area contributed by atoms with Crippen molar-refractivity contribution in [2.75, 3.05) is 23.8 Å². The van der Waals surface area contributed by atoms with Crippen LogP contribution in [0.4, 0.5) is 15.8 Å². The smallest absolute Gasteiger partial charge is 0.264 e. The number of ether oxygens (including phenoxy) is 2. The number of sulfonamides is 1. The lowest BCUT2D eigenvalue weighted by atomic mass is 10.1. The topological polar surface area (TPSA) is 84.9 Å². The Hall–Kier alpha value is -3.59. The quantitative estimate of drug-likeness (QED) is 0.583. The van der Waals surface area contributed by atoms with Gasteiger partial charge in [-0.2, -0.15) is 0 Å². The van der Waals surface area contributed by atoms with Crippen molar-refractivity contribution in [3.05, 3.63) is 77.6 Å². The minimum absolute atomic E-state index is 0.00976. The molecule has 0 aliphatic carbocycles. The van der Waals surface area contributed by atoms with Crippen LogP contribution >= 0.6 is 0 Å². The van der Waals surface area contributed by atoms with Gasteiger partial charge < -0.3 is 14.8 Å². The predicted octanol–water partition coefficient (Wildman–Crippen LogP) is 4.24. The zero-order chi connectivity index (χ0) is 23.8. The molecule has 0 saturated heterocycles. The fourth-order valence-corrected chi connectivity index (χ4v) is 5.63. The van der Waals surface area contributed by atoms with Crippen LogP contribution in [0.25, 0.3) is 0 Å². The third-order valence-corrected chi connectivity index (χ3v) is 7.46. The Morgan fingerprint density at radius 1 is 1.03 bits per heavy atom. The molecule has 33 heavy (non-hydrogen) atoms. The van der Waals surface area contributed by atoms with Crippen molar-refractivity contribution in [2.24, 2.45) is 0 Å². The fourth-order valence-electron chi connectivity index (χ4n) is 3.94. The van der Waals surface area contributed by atoms with E-state index in [9.17, 15) is 17.6 Å². The minimum atomic E-state index is -3.88. The molecule has 0 spiro atoms. The molecule has 4 rings (SSSR count). The lowest BCUT2D eigenvalue weighted by molar-refractivity contribution is 0.102. The van der Waals surface area contributed by atoms with Gasteiger partial charge in [-0.05, 0) is 73.5 Å². The minimum Gasteiger partial charge on any atom is -0.497 e. The SMILES string of the molecule is COc1ccc(OC)c(NC(=O)c2ccc3c(c2)C[C@@H](C)N3S(=O)(=O)c2ccc(F)cc2)c1. The number of anilines is 2. The normalized spacial score (nSPS) is 15.2. The number of amides is 1. The number of rotatable bonds is 6. The summed E-state index contributed by atoms with van der Waals surface area (Å²) >= 11 is 0. The number of methoxy groups -OCH3 is 2. The first-order valence-electron chi connectivity index (χ1n) is 10.2. The van der Waals surface area contributed by atoms with Gasteiger partial charge in [0.15, 0.2) is 0 Å². The fraction of sp³-hybridized carbons (Fsp3) is 0.208. The van der Waals surface area contributed by atoms with Gasteiger partial charge in [0.2, 0.25) is 0 Å². The maximum absolute atomic E-state index is 13.3. The lowest BCUT2D eigenvalue weighted by Crippen LogP contribution is -2.35. The summed E-state index contributed by atoms with van der Waals surface area (Å²) < 4.78 is 51.5. The Bertz CT molecular complexity index is 1310. The van der Waals surface area contributed by atoms with Gasteiger partial charge in [0.1, 0.15) is 17.3 Å². The van der Waals surface area contributed by atoms with Crippen LogP contribution in [0.5, 0.6) is 11.5 Å². The highest BCUT2D eigenvalue weighted by molar-refractivity contribution is 7.92. The van der Waals surface area contributed by atoms with Gasteiger partial charge in [-0.25, -0.2) is 12.8 Å². The Morgan fingerprint density at radius 3 is 2.42 bits per heavy atom. The molecule has 1 heterocycles. The largest absolute Gasteiger partial charge is 0.497 e. The first kappa shape index (κ1) is 22.6. The van der Waals surface area contributed by atoms with Gasteiger partial charge in [0.25, 0.3) is 15.9 Å². The van der Waals surface area contributed by atoms with Crippen LogP contribution in [0.3, 0.4) is 0 Å². The Morgan fingerprint density at radius 2 is 1.76 bits per heavy atom. The monoisotopic (exact) mass is 470 g/mol. The molecular weight excluding hydrogens is 447 g/mol. The summed E-state index contributed by atoms with van der Waals surface area (Å²) in [5, 5.41) is 2.82. The molecule has 1 aliphatic rings. The molecule has 0 unspecified atom stereocenters. The van der Waals surface area contributed by atoms with Crippen LogP contribution in [0.2, 0.25) is 0 Å². The number of carbonyl (C=O) groups is 1.